The van der Waals surface area contributed by atoms with Crippen LogP contribution in [0.4, 0.5) is 20.0 Å². The Kier molecular flexibility index (Phi) is 7.63. The lowest BCUT2D eigenvalue weighted by Gasteiger charge is -2.35. The van der Waals surface area contributed by atoms with Crippen LogP contribution in [0.25, 0.3) is 16.5 Å². The van der Waals surface area contributed by atoms with Crippen LogP contribution in [-0.2, 0) is 4.74 Å². The number of benzene rings is 1. The molecule has 0 spiro atoms. The van der Waals surface area contributed by atoms with Gasteiger partial charge in [-0.3, -0.25) is 14.9 Å². The van der Waals surface area contributed by atoms with Gasteiger partial charge >= 0.3 is 6.09 Å². The van der Waals surface area contributed by atoms with E-state index in [-0.39, 0.29) is 22.0 Å². The number of carbonyl (C=O) groups is 2. The summed E-state index contributed by atoms with van der Waals surface area (Å²) in [5.74, 6) is 0.154. The minimum atomic E-state index is -0.744. The third kappa shape index (κ3) is 5.99. The zero-order valence-corrected chi connectivity index (χ0v) is 23.8. The van der Waals surface area contributed by atoms with E-state index < -0.39 is 23.2 Å². The molecule has 0 radical (unpaired) electrons. The maximum Gasteiger partial charge on any atom is 0.412 e. The second-order valence-electron chi connectivity index (χ2n) is 10.3. The van der Waals surface area contributed by atoms with E-state index in [9.17, 15) is 18.8 Å². The maximum absolute atomic E-state index is 13.9. The lowest BCUT2D eigenvalue weighted by Crippen LogP contribution is -2.49. The largest absolute Gasteiger partial charge is 0.497 e. The summed E-state index contributed by atoms with van der Waals surface area (Å²) in [5, 5.41) is 9.53. The third-order valence-corrected chi connectivity index (χ3v) is 7.27. The first-order valence-electron chi connectivity index (χ1n) is 12.9. The van der Waals surface area contributed by atoms with E-state index in [2.05, 4.69) is 15.4 Å². The number of pyridine rings is 1. The third-order valence-electron chi connectivity index (χ3n) is 6.38. The van der Waals surface area contributed by atoms with Crippen LogP contribution in [0.15, 0.2) is 52.6 Å². The van der Waals surface area contributed by atoms with Crippen LogP contribution < -0.4 is 20.5 Å². The molecule has 41 heavy (non-hydrogen) atoms. The molecule has 0 atom stereocenters. The first-order chi connectivity index (χ1) is 19.5. The molecule has 1 aliphatic heterocycles. The molecule has 13 heteroatoms. The van der Waals surface area contributed by atoms with Gasteiger partial charge in [-0.2, -0.15) is 14.2 Å². The second kappa shape index (κ2) is 11.2. The summed E-state index contributed by atoms with van der Waals surface area (Å²) in [4.78, 5) is 47.6. The average Bonchev–Trinajstić information content (AvgIpc) is 3.36. The number of anilines is 2. The van der Waals surface area contributed by atoms with Gasteiger partial charge in [0.15, 0.2) is 5.69 Å². The number of fused-ring (bicyclic) bond motifs is 1. The smallest absolute Gasteiger partial charge is 0.412 e. The molecule has 3 aromatic heterocycles. The molecule has 5 rings (SSSR count). The van der Waals surface area contributed by atoms with Crippen LogP contribution in [0, 0.1) is 5.95 Å². The molecule has 214 valence electrons. The fraction of sp³-hybridized carbons (Fsp3) is 0.321. The number of ether oxygens (including phenoxy) is 2. The number of rotatable bonds is 5. The van der Waals surface area contributed by atoms with Crippen molar-refractivity contribution in [2.24, 2.45) is 0 Å². The molecule has 1 saturated heterocycles. The minimum absolute atomic E-state index is 0.0706. The Morgan fingerprint density at radius 1 is 1.05 bits per heavy atom. The summed E-state index contributed by atoms with van der Waals surface area (Å²) in [6.45, 7) is 6.78. The van der Waals surface area contributed by atoms with Crippen molar-refractivity contribution in [3.05, 3.63) is 69.8 Å². The van der Waals surface area contributed by atoms with Crippen molar-refractivity contribution in [1.29, 1.82) is 0 Å². The lowest BCUT2D eigenvalue weighted by atomic mass is 10.2. The number of hydrogen-bond acceptors (Lipinski definition) is 9. The maximum atomic E-state index is 13.9. The Labute approximate surface area is 239 Å². The molecule has 0 unspecified atom stereocenters. The highest BCUT2D eigenvalue weighted by molar-refractivity contribution is 7.16. The van der Waals surface area contributed by atoms with Crippen molar-refractivity contribution in [3.8, 4) is 11.4 Å². The number of aromatic nitrogens is 3. The van der Waals surface area contributed by atoms with Gasteiger partial charge in [-0.05, 0) is 57.2 Å². The van der Waals surface area contributed by atoms with Crippen LogP contribution >= 0.6 is 11.3 Å². The fourth-order valence-electron chi connectivity index (χ4n) is 4.46. The molecule has 2 amide bonds. The van der Waals surface area contributed by atoms with Gasteiger partial charge in [0.25, 0.3) is 11.5 Å². The molecular weight excluding hydrogens is 550 g/mol. The van der Waals surface area contributed by atoms with Gasteiger partial charge in [-0.1, -0.05) is 6.07 Å². The normalized spacial score (nSPS) is 13.8. The highest BCUT2D eigenvalue weighted by Gasteiger charge is 2.29. The molecule has 1 fully saturated rings. The second-order valence-corrected chi connectivity index (χ2v) is 11.2. The highest BCUT2D eigenvalue weighted by Crippen LogP contribution is 2.31. The van der Waals surface area contributed by atoms with E-state index in [0.29, 0.717) is 48.8 Å². The molecule has 11 nitrogen and oxygen atoms in total. The van der Waals surface area contributed by atoms with Gasteiger partial charge in [0.05, 0.1) is 18.2 Å². The summed E-state index contributed by atoms with van der Waals surface area (Å²) >= 11 is 1.11. The van der Waals surface area contributed by atoms with E-state index in [1.807, 2.05) is 4.90 Å². The summed E-state index contributed by atoms with van der Waals surface area (Å²) in [5.41, 5.74) is -0.757. The van der Waals surface area contributed by atoms with Crippen LogP contribution in [0.3, 0.4) is 0 Å². The van der Waals surface area contributed by atoms with E-state index in [4.69, 9.17) is 9.47 Å². The molecule has 0 aliphatic carbocycles. The molecule has 0 bridgehead atoms. The number of halogens is 1. The average molecular weight is 580 g/mol. The Balaban J connectivity index is 1.51. The number of nitrogens with zero attached hydrogens (tertiary/aromatic N) is 5. The topological polar surface area (TPSA) is 119 Å². The van der Waals surface area contributed by atoms with Gasteiger partial charge in [-0.25, -0.2) is 9.78 Å². The molecule has 1 aliphatic rings. The van der Waals surface area contributed by atoms with Crippen molar-refractivity contribution >= 4 is 44.9 Å². The van der Waals surface area contributed by atoms with Crippen LogP contribution in [0.2, 0.25) is 0 Å². The number of piperazine rings is 1. The van der Waals surface area contributed by atoms with Gasteiger partial charge in [0.2, 0.25) is 5.95 Å². The zero-order chi connectivity index (χ0) is 29.3. The monoisotopic (exact) mass is 579 g/mol. The number of thiophene rings is 1. The predicted molar refractivity (Wildman–Crippen MR) is 154 cm³/mol. The van der Waals surface area contributed by atoms with Crippen molar-refractivity contribution in [2.45, 2.75) is 26.4 Å². The Hall–Kier alpha value is -4.52. The number of carbonyl (C=O) groups excluding carboxylic acids is 2. The van der Waals surface area contributed by atoms with Crippen molar-refractivity contribution in [2.75, 3.05) is 43.5 Å². The van der Waals surface area contributed by atoms with Crippen molar-refractivity contribution < 1.29 is 23.5 Å². The molecule has 4 heterocycles. The molecule has 4 aromatic rings. The summed E-state index contributed by atoms with van der Waals surface area (Å²) in [6, 6.07) is 11.3. The van der Waals surface area contributed by atoms with Crippen molar-refractivity contribution in [1.82, 2.24) is 19.7 Å². The van der Waals surface area contributed by atoms with Gasteiger partial charge in [-0.15, -0.1) is 11.3 Å². The minimum Gasteiger partial charge on any atom is -0.497 e. The van der Waals surface area contributed by atoms with Gasteiger partial charge < -0.3 is 19.3 Å². The fourth-order valence-corrected chi connectivity index (χ4v) is 5.38. The number of nitrogens with one attached hydrogen (secondary N) is 1. The predicted octanol–water partition coefficient (Wildman–Crippen LogP) is 4.30. The van der Waals surface area contributed by atoms with E-state index in [1.165, 1.54) is 13.2 Å². The number of methoxy groups -OCH3 is 1. The van der Waals surface area contributed by atoms with Gasteiger partial charge in [0, 0.05) is 36.9 Å². The molecule has 1 aromatic carbocycles. The molecular formula is C28H29FN6O5S. The van der Waals surface area contributed by atoms with Gasteiger partial charge in [0.1, 0.15) is 22.2 Å². The summed E-state index contributed by atoms with van der Waals surface area (Å²) < 4.78 is 25.4. The molecule has 0 saturated carbocycles. The van der Waals surface area contributed by atoms with E-state index in [0.717, 1.165) is 16.0 Å². The number of hydrogen-bond donors (Lipinski definition) is 1. The quantitative estimate of drug-likeness (QED) is 0.348. The zero-order valence-electron chi connectivity index (χ0n) is 23.0. The van der Waals surface area contributed by atoms with E-state index >= 15 is 0 Å². The Bertz CT molecular complexity index is 1660. The van der Waals surface area contributed by atoms with E-state index in [1.54, 1.807) is 67.4 Å². The highest BCUT2D eigenvalue weighted by atomic mass is 32.1. The molecule has 1 N–H and O–H groups in total. The SMILES string of the molecule is COc1ccc(-n2nc(C(=O)N3CCN(c4cccc([18F])n4)CC3)c3csc(NC(=O)OC(C)(C)C)c3c2=O)cc1. The lowest BCUT2D eigenvalue weighted by molar-refractivity contribution is 0.0636. The van der Waals surface area contributed by atoms with Crippen LogP contribution in [0.1, 0.15) is 31.3 Å². The Morgan fingerprint density at radius 3 is 2.39 bits per heavy atom. The first-order valence-corrected chi connectivity index (χ1v) is 13.8. The van der Waals surface area contributed by atoms with Crippen molar-refractivity contribution in [3.63, 3.8) is 0 Å². The first kappa shape index (κ1) is 28.0. The Morgan fingerprint density at radius 2 is 1.76 bits per heavy atom. The summed E-state index contributed by atoms with van der Waals surface area (Å²) in [6.07, 6.45) is -0.719. The summed E-state index contributed by atoms with van der Waals surface area (Å²) in [7, 11) is 1.53. The van der Waals surface area contributed by atoms with Crippen LogP contribution in [0.5, 0.6) is 5.75 Å². The standard InChI is InChI=1S/C28H29FN6O5S/c1-28(2,3)40-27(38)31-24-22-19(16-41-24)23(32-35(25(22)36)17-8-10-18(39-4)11-9-17)26(37)34-14-12-33(13-15-34)21-7-5-6-20(29)30-21/h5-11,16H,12-15H2,1-4H3,(H,31,38)/i29-1. The number of amides is 2. The van der Waals surface area contributed by atoms with Crippen LogP contribution in [-0.4, -0.2) is 70.6 Å².